The molecule has 0 fully saturated rings. The van der Waals surface area contributed by atoms with E-state index in [1.54, 1.807) is 6.92 Å². The standard InChI is InChI=1S/C11H10ClFN2O2/c1-5-3-6(12)10(13)9(11(5)16-2)7-4-8(14)15-17-7/h3-4H,1-2H3,(H2,14,15). The van der Waals surface area contributed by atoms with Gasteiger partial charge in [-0.1, -0.05) is 16.8 Å². The van der Waals surface area contributed by atoms with Crippen molar-refractivity contribution >= 4 is 17.4 Å². The summed E-state index contributed by atoms with van der Waals surface area (Å²) in [6.45, 7) is 1.76. The molecule has 0 amide bonds. The van der Waals surface area contributed by atoms with Gasteiger partial charge in [0.1, 0.15) is 5.75 Å². The number of nitrogens with two attached hydrogens (primary N) is 1. The van der Waals surface area contributed by atoms with E-state index in [-0.39, 0.29) is 22.2 Å². The summed E-state index contributed by atoms with van der Waals surface area (Å²) in [6.07, 6.45) is 0. The van der Waals surface area contributed by atoms with Crippen molar-refractivity contribution < 1.29 is 13.7 Å². The molecule has 0 aliphatic carbocycles. The monoisotopic (exact) mass is 256 g/mol. The fourth-order valence-corrected chi connectivity index (χ4v) is 1.88. The zero-order chi connectivity index (χ0) is 12.6. The van der Waals surface area contributed by atoms with Gasteiger partial charge >= 0.3 is 0 Å². The molecule has 0 radical (unpaired) electrons. The third-order valence-electron chi connectivity index (χ3n) is 2.34. The van der Waals surface area contributed by atoms with Gasteiger partial charge in [0.25, 0.3) is 0 Å². The maximum Gasteiger partial charge on any atom is 0.175 e. The molecule has 0 atom stereocenters. The highest BCUT2D eigenvalue weighted by atomic mass is 35.5. The predicted octanol–water partition coefficient (Wildman–Crippen LogP) is 3.03. The lowest BCUT2D eigenvalue weighted by atomic mass is 10.1. The molecule has 0 saturated heterocycles. The molecule has 2 rings (SSSR count). The van der Waals surface area contributed by atoms with Crippen LogP contribution in [-0.4, -0.2) is 12.3 Å². The first-order chi connectivity index (χ1) is 8.04. The Morgan fingerprint density at radius 3 is 2.71 bits per heavy atom. The number of anilines is 1. The van der Waals surface area contributed by atoms with Gasteiger partial charge in [0.05, 0.1) is 17.7 Å². The SMILES string of the molecule is COc1c(C)cc(Cl)c(F)c1-c1cc(N)no1. The largest absolute Gasteiger partial charge is 0.496 e. The summed E-state index contributed by atoms with van der Waals surface area (Å²) in [5.41, 5.74) is 6.26. The van der Waals surface area contributed by atoms with Crippen LogP contribution in [-0.2, 0) is 0 Å². The first-order valence-electron chi connectivity index (χ1n) is 4.79. The van der Waals surface area contributed by atoms with Crippen LogP contribution in [0.3, 0.4) is 0 Å². The molecule has 90 valence electrons. The third-order valence-corrected chi connectivity index (χ3v) is 2.61. The number of hydrogen-bond acceptors (Lipinski definition) is 4. The summed E-state index contributed by atoms with van der Waals surface area (Å²) in [6, 6.07) is 2.90. The molecular weight excluding hydrogens is 247 g/mol. The molecule has 2 aromatic rings. The number of rotatable bonds is 2. The average Bonchev–Trinajstić information content (AvgIpc) is 2.69. The number of ether oxygens (including phenoxy) is 1. The topological polar surface area (TPSA) is 61.3 Å². The summed E-state index contributed by atoms with van der Waals surface area (Å²) in [5, 5.41) is 3.50. The van der Waals surface area contributed by atoms with Crippen LogP contribution < -0.4 is 10.5 Å². The second-order valence-corrected chi connectivity index (χ2v) is 3.92. The van der Waals surface area contributed by atoms with Gasteiger partial charge in [0.2, 0.25) is 0 Å². The van der Waals surface area contributed by atoms with Gasteiger partial charge in [-0.05, 0) is 18.6 Å². The van der Waals surface area contributed by atoms with Gasteiger partial charge < -0.3 is 15.0 Å². The summed E-state index contributed by atoms with van der Waals surface area (Å²) in [7, 11) is 1.44. The average molecular weight is 257 g/mol. The van der Waals surface area contributed by atoms with E-state index >= 15 is 0 Å². The first-order valence-corrected chi connectivity index (χ1v) is 5.17. The molecule has 6 heteroatoms. The molecule has 0 aliphatic heterocycles. The molecule has 2 N–H and O–H groups in total. The van der Waals surface area contributed by atoms with Crippen molar-refractivity contribution in [2.45, 2.75) is 6.92 Å². The number of benzene rings is 1. The number of methoxy groups -OCH3 is 1. The minimum absolute atomic E-state index is 0.00623. The lowest BCUT2D eigenvalue weighted by Crippen LogP contribution is -1.95. The van der Waals surface area contributed by atoms with Crippen LogP contribution >= 0.6 is 11.6 Å². The van der Waals surface area contributed by atoms with E-state index in [9.17, 15) is 4.39 Å². The Morgan fingerprint density at radius 2 is 2.18 bits per heavy atom. The van der Waals surface area contributed by atoms with Crippen molar-refractivity contribution in [1.82, 2.24) is 5.16 Å². The van der Waals surface area contributed by atoms with E-state index < -0.39 is 5.82 Å². The normalized spacial score (nSPS) is 10.6. The van der Waals surface area contributed by atoms with E-state index in [4.69, 9.17) is 26.6 Å². The predicted molar refractivity (Wildman–Crippen MR) is 62.6 cm³/mol. The van der Waals surface area contributed by atoms with E-state index in [0.29, 0.717) is 11.3 Å². The van der Waals surface area contributed by atoms with E-state index in [1.807, 2.05) is 0 Å². The molecular formula is C11H10ClFN2O2. The highest BCUT2D eigenvalue weighted by Crippen LogP contribution is 2.39. The van der Waals surface area contributed by atoms with E-state index in [2.05, 4.69) is 5.16 Å². The number of halogens is 2. The van der Waals surface area contributed by atoms with Gasteiger partial charge in [-0.25, -0.2) is 4.39 Å². The Bertz CT molecular complexity index is 569. The molecule has 0 saturated carbocycles. The maximum atomic E-state index is 14.0. The number of nitrogens with zero attached hydrogens (tertiary/aromatic N) is 1. The first kappa shape index (κ1) is 11.7. The quantitative estimate of drug-likeness (QED) is 0.897. The Kier molecular flexibility index (Phi) is 2.93. The Balaban J connectivity index is 2.74. The van der Waals surface area contributed by atoms with Crippen molar-refractivity contribution in [1.29, 1.82) is 0 Å². The van der Waals surface area contributed by atoms with Crippen molar-refractivity contribution in [2.75, 3.05) is 12.8 Å². The summed E-state index contributed by atoms with van der Waals surface area (Å²) < 4.78 is 24.1. The molecule has 17 heavy (non-hydrogen) atoms. The van der Waals surface area contributed by atoms with Gasteiger partial charge in [-0.15, -0.1) is 0 Å². The molecule has 0 unspecified atom stereocenters. The van der Waals surface area contributed by atoms with Crippen molar-refractivity contribution in [3.63, 3.8) is 0 Å². The van der Waals surface area contributed by atoms with Gasteiger partial charge in [0.15, 0.2) is 17.4 Å². The van der Waals surface area contributed by atoms with Crippen molar-refractivity contribution in [3.8, 4) is 17.1 Å². The van der Waals surface area contributed by atoms with Gasteiger partial charge in [0, 0.05) is 6.07 Å². The number of aromatic nitrogens is 1. The Hall–Kier alpha value is -1.75. The van der Waals surface area contributed by atoms with Crippen LogP contribution in [0.1, 0.15) is 5.56 Å². The van der Waals surface area contributed by atoms with Crippen LogP contribution in [0.15, 0.2) is 16.7 Å². The third kappa shape index (κ3) is 1.93. The van der Waals surface area contributed by atoms with E-state index in [1.165, 1.54) is 19.2 Å². The fourth-order valence-electron chi connectivity index (χ4n) is 1.63. The number of aryl methyl sites for hydroxylation is 1. The molecule has 0 spiro atoms. The minimum Gasteiger partial charge on any atom is -0.496 e. The van der Waals surface area contributed by atoms with Crippen molar-refractivity contribution in [3.05, 3.63) is 28.5 Å². The van der Waals surface area contributed by atoms with Gasteiger partial charge in [-0.2, -0.15) is 0 Å². The molecule has 1 aromatic carbocycles. The second-order valence-electron chi connectivity index (χ2n) is 3.51. The van der Waals surface area contributed by atoms with Crippen LogP contribution in [0.5, 0.6) is 5.75 Å². The summed E-state index contributed by atoms with van der Waals surface area (Å²) >= 11 is 5.78. The molecule has 4 nitrogen and oxygen atoms in total. The highest BCUT2D eigenvalue weighted by Gasteiger charge is 2.21. The molecule has 0 aliphatic rings. The molecule has 1 aromatic heterocycles. The van der Waals surface area contributed by atoms with Gasteiger partial charge in [-0.3, -0.25) is 0 Å². The number of nitrogen functional groups attached to an aromatic ring is 1. The number of hydrogen-bond donors (Lipinski definition) is 1. The fraction of sp³-hybridized carbons (Fsp3) is 0.182. The van der Waals surface area contributed by atoms with Crippen LogP contribution in [0.4, 0.5) is 10.2 Å². The lowest BCUT2D eigenvalue weighted by molar-refractivity contribution is 0.400. The minimum atomic E-state index is -0.620. The Morgan fingerprint density at radius 1 is 1.47 bits per heavy atom. The van der Waals surface area contributed by atoms with E-state index in [0.717, 1.165) is 0 Å². The zero-order valence-corrected chi connectivity index (χ0v) is 10.0. The van der Waals surface area contributed by atoms with Crippen LogP contribution in [0, 0.1) is 12.7 Å². The second kappa shape index (κ2) is 4.25. The summed E-state index contributed by atoms with van der Waals surface area (Å²) in [4.78, 5) is 0. The summed E-state index contributed by atoms with van der Waals surface area (Å²) in [5.74, 6) is 0.0786. The maximum absolute atomic E-state index is 14.0. The zero-order valence-electron chi connectivity index (χ0n) is 9.25. The van der Waals surface area contributed by atoms with Crippen LogP contribution in [0.2, 0.25) is 5.02 Å². The highest BCUT2D eigenvalue weighted by molar-refractivity contribution is 6.31. The van der Waals surface area contributed by atoms with Crippen molar-refractivity contribution in [2.24, 2.45) is 0 Å². The Labute approximate surface area is 102 Å². The molecule has 0 bridgehead atoms. The smallest absolute Gasteiger partial charge is 0.175 e. The molecule has 1 heterocycles. The lowest BCUT2D eigenvalue weighted by Gasteiger charge is -2.11. The van der Waals surface area contributed by atoms with Crippen LogP contribution in [0.25, 0.3) is 11.3 Å².